The third-order valence-corrected chi connectivity index (χ3v) is 3.76. The highest BCUT2D eigenvalue weighted by Gasteiger charge is 2.13. The molecule has 0 fully saturated rings. The Kier molecular flexibility index (Phi) is 5.95. The molecule has 126 valence electrons. The molecule has 0 aliphatic heterocycles. The molecular weight excluding hydrogens is 306 g/mol. The molecule has 0 aliphatic carbocycles. The molecule has 24 heavy (non-hydrogen) atoms. The van der Waals surface area contributed by atoms with Crippen LogP contribution in [0.4, 0.5) is 5.69 Å². The number of nitrogens with zero attached hydrogens (tertiary/aromatic N) is 1. The number of carboxylic acids is 2. The zero-order valence-corrected chi connectivity index (χ0v) is 13.6. The largest absolute Gasteiger partial charge is 0.481 e. The van der Waals surface area contributed by atoms with E-state index in [0.29, 0.717) is 12.1 Å². The van der Waals surface area contributed by atoms with E-state index in [2.05, 4.69) is 11.8 Å². The third kappa shape index (κ3) is 4.59. The Balaban J connectivity index is 2.23. The van der Waals surface area contributed by atoms with Gasteiger partial charge in [0.15, 0.2) is 0 Å². The van der Waals surface area contributed by atoms with Crippen LogP contribution in [0.1, 0.15) is 34.8 Å². The number of carbonyl (C=O) groups is 2. The number of hydrogen-bond donors (Lipinski definition) is 2. The summed E-state index contributed by atoms with van der Waals surface area (Å²) in [5, 5.41) is 18.2. The maximum absolute atomic E-state index is 11.4. The molecule has 0 spiro atoms. The summed E-state index contributed by atoms with van der Waals surface area (Å²) in [7, 11) is 0. The van der Waals surface area contributed by atoms with Crippen LogP contribution in [0.25, 0.3) is 0 Å². The molecule has 0 heterocycles. The van der Waals surface area contributed by atoms with Crippen molar-refractivity contribution in [3.63, 3.8) is 0 Å². The molecule has 2 aromatic carbocycles. The lowest BCUT2D eigenvalue weighted by atomic mass is 10.1. The summed E-state index contributed by atoms with van der Waals surface area (Å²) >= 11 is 0. The summed E-state index contributed by atoms with van der Waals surface area (Å²) < 4.78 is 0. The Bertz CT molecular complexity index is 710. The molecule has 0 saturated heterocycles. The SMILES string of the molecule is CCCN(Cc1ccccc1C(=O)O)c1ccc(CC(=O)O)cc1. The molecule has 0 bridgehead atoms. The van der Waals surface area contributed by atoms with Gasteiger partial charge in [0.1, 0.15) is 0 Å². The Labute approximate surface area is 141 Å². The van der Waals surface area contributed by atoms with E-state index in [1.165, 1.54) is 0 Å². The number of anilines is 1. The minimum Gasteiger partial charge on any atom is -0.481 e. The van der Waals surface area contributed by atoms with E-state index in [0.717, 1.165) is 29.8 Å². The Morgan fingerprint density at radius 1 is 1.00 bits per heavy atom. The fourth-order valence-electron chi connectivity index (χ4n) is 2.64. The summed E-state index contributed by atoms with van der Waals surface area (Å²) in [6.07, 6.45) is 0.919. The highest BCUT2D eigenvalue weighted by atomic mass is 16.4. The van der Waals surface area contributed by atoms with Crippen LogP contribution in [0.15, 0.2) is 48.5 Å². The molecule has 5 heteroatoms. The molecule has 0 atom stereocenters. The van der Waals surface area contributed by atoms with Gasteiger partial charge in [0.2, 0.25) is 0 Å². The summed E-state index contributed by atoms with van der Waals surface area (Å²) in [5.41, 5.74) is 2.76. The standard InChI is InChI=1S/C19H21NO4/c1-2-11-20(13-15-5-3-4-6-17(15)19(23)24)16-9-7-14(8-10-16)12-18(21)22/h3-10H,2,11-13H2,1H3,(H,21,22)(H,23,24). The van der Waals surface area contributed by atoms with Gasteiger partial charge >= 0.3 is 11.9 Å². The van der Waals surface area contributed by atoms with Crippen molar-refractivity contribution in [2.45, 2.75) is 26.3 Å². The summed E-state index contributed by atoms with van der Waals surface area (Å²) in [6.45, 7) is 3.34. The lowest BCUT2D eigenvalue weighted by Gasteiger charge is -2.25. The molecule has 0 aromatic heterocycles. The van der Waals surface area contributed by atoms with Crippen LogP contribution in [-0.2, 0) is 17.8 Å². The van der Waals surface area contributed by atoms with E-state index >= 15 is 0 Å². The van der Waals surface area contributed by atoms with E-state index in [9.17, 15) is 14.7 Å². The van der Waals surface area contributed by atoms with Crippen molar-refractivity contribution in [1.29, 1.82) is 0 Å². The fraction of sp³-hybridized carbons (Fsp3) is 0.263. The maximum atomic E-state index is 11.4. The van der Waals surface area contributed by atoms with Crippen LogP contribution in [0, 0.1) is 0 Å². The van der Waals surface area contributed by atoms with Crippen molar-refractivity contribution in [2.75, 3.05) is 11.4 Å². The van der Waals surface area contributed by atoms with E-state index in [-0.39, 0.29) is 6.42 Å². The van der Waals surface area contributed by atoms with Crippen molar-refractivity contribution in [3.8, 4) is 0 Å². The second kappa shape index (κ2) is 8.15. The number of carboxylic acid groups (broad SMARTS) is 2. The average Bonchev–Trinajstić information content (AvgIpc) is 2.55. The molecule has 0 radical (unpaired) electrons. The van der Waals surface area contributed by atoms with Crippen LogP contribution in [0.2, 0.25) is 0 Å². The molecule has 0 saturated carbocycles. The van der Waals surface area contributed by atoms with Gasteiger partial charge in [-0.1, -0.05) is 37.3 Å². The lowest BCUT2D eigenvalue weighted by molar-refractivity contribution is -0.136. The van der Waals surface area contributed by atoms with E-state index in [4.69, 9.17) is 5.11 Å². The number of aromatic carboxylic acids is 1. The van der Waals surface area contributed by atoms with Gasteiger partial charge in [0, 0.05) is 18.8 Å². The van der Waals surface area contributed by atoms with Crippen LogP contribution in [0.3, 0.4) is 0 Å². The number of benzene rings is 2. The zero-order valence-electron chi connectivity index (χ0n) is 13.6. The molecule has 2 rings (SSSR count). The van der Waals surface area contributed by atoms with E-state index in [1.807, 2.05) is 24.3 Å². The van der Waals surface area contributed by atoms with Gasteiger partial charge in [-0.3, -0.25) is 4.79 Å². The van der Waals surface area contributed by atoms with Gasteiger partial charge in [0.25, 0.3) is 0 Å². The smallest absolute Gasteiger partial charge is 0.336 e. The molecular formula is C19H21NO4. The Hall–Kier alpha value is -2.82. The summed E-state index contributed by atoms with van der Waals surface area (Å²) in [4.78, 5) is 24.2. The van der Waals surface area contributed by atoms with Crippen molar-refractivity contribution >= 4 is 17.6 Å². The van der Waals surface area contributed by atoms with Crippen molar-refractivity contribution in [2.24, 2.45) is 0 Å². The average molecular weight is 327 g/mol. The highest BCUT2D eigenvalue weighted by Crippen LogP contribution is 2.20. The molecule has 5 nitrogen and oxygen atoms in total. The monoisotopic (exact) mass is 327 g/mol. The first-order chi connectivity index (χ1) is 11.5. The quantitative estimate of drug-likeness (QED) is 0.776. The van der Waals surface area contributed by atoms with E-state index in [1.54, 1.807) is 24.3 Å². The number of hydrogen-bond acceptors (Lipinski definition) is 3. The minimum absolute atomic E-state index is 0.00406. The molecule has 0 unspecified atom stereocenters. The second-order valence-electron chi connectivity index (χ2n) is 5.62. The molecule has 2 aromatic rings. The third-order valence-electron chi connectivity index (χ3n) is 3.76. The first kappa shape index (κ1) is 17.5. The number of aliphatic carboxylic acids is 1. The maximum Gasteiger partial charge on any atom is 0.336 e. The normalized spacial score (nSPS) is 10.4. The summed E-state index contributed by atoms with van der Waals surface area (Å²) in [5.74, 6) is -1.79. The minimum atomic E-state index is -0.932. The molecule has 0 aliphatic rings. The van der Waals surface area contributed by atoms with Gasteiger partial charge in [-0.2, -0.15) is 0 Å². The zero-order chi connectivity index (χ0) is 17.5. The molecule has 0 amide bonds. The van der Waals surface area contributed by atoms with Gasteiger partial charge in [-0.25, -0.2) is 4.79 Å². The van der Waals surface area contributed by atoms with Gasteiger partial charge in [0.05, 0.1) is 12.0 Å². The van der Waals surface area contributed by atoms with Gasteiger partial charge in [-0.05, 0) is 35.7 Å². The number of rotatable bonds is 8. The highest BCUT2D eigenvalue weighted by molar-refractivity contribution is 5.89. The van der Waals surface area contributed by atoms with Crippen LogP contribution < -0.4 is 4.90 Å². The predicted molar refractivity (Wildman–Crippen MR) is 92.5 cm³/mol. The van der Waals surface area contributed by atoms with Gasteiger partial charge < -0.3 is 15.1 Å². The Morgan fingerprint density at radius 2 is 1.67 bits per heavy atom. The topological polar surface area (TPSA) is 77.8 Å². The first-order valence-electron chi connectivity index (χ1n) is 7.88. The van der Waals surface area contributed by atoms with Crippen molar-refractivity contribution in [1.82, 2.24) is 0 Å². The van der Waals surface area contributed by atoms with Gasteiger partial charge in [-0.15, -0.1) is 0 Å². The predicted octanol–water partition coefficient (Wildman–Crippen LogP) is 3.43. The lowest BCUT2D eigenvalue weighted by Crippen LogP contribution is -2.24. The van der Waals surface area contributed by atoms with Crippen LogP contribution in [0.5, 0.6) is 0 Å². The van der Waals surface area contributed by atoms with E-state index < -0.39 is 11.9 Å². The second-order valence-corrected chi connectivity index (χ2v) is 5.62. The molecule has 2 N–H and O–H groups in total. The fourth-order valence-corrected chi connectivity index (χ4v) is 2.64. The van der Waals surface area contributed by atoms with Crippen molar-refractivity contribution in [3.05, 3.63) is 65.2 Å². The first-order valence-corrected chi connectivity index (χ1v) is 7.88. The summed E-state index contributed by atoms with van der Waals surface area (Å²) in [6, 6.07) is 14.4. The van der Waals surface area contributed by atoms with Crippen LogP contribution in [-0.4, -0.2) is 28.7 Å². The van der Waals surface area contributed by atoms with Crippen molar-refractivity contribution < 1.29 is 19.8 Å². The Morgan fingerprint density at radius 3 is 2.25 bits per heavy atom. The van der Waals surface area contributed by atoms with Crippen LogP contribution >= 0.6 is 0 Å².